The van der Waals surface area contributed by atoms with Crippen molar-refractivity contribution in [1.29, 1.82) is 0 Å². The molecule has 0 saturated carbocycles. The Kier molecular flexibility index (Phi) is 6.92. The number of benzene rings is 4. The highest BCUT2D eigenvalue weighted by molar-refractivity contribution is 5.89. The molecule has 5 heteroatoms. The molecule has 0 saturated heterocycles. The largest absolute Gasteiger partial charge is 0.486 e. The summed E-state index contributed by atoms with van der Waals surface area (Å²) in [5, 5.41) is 15.8. The van der Waals surface area contributed by atoms with E-state index in [0.29, 0.717) is 12.1 Å². The minimum atomic E-state index is -0.888. The molecule has 4 aromatic rings. The van der Waals surface area contributed by atoms with Crippen LogP contribution in [0.4, 0.5) is 5.69 Å². The summed E-state index contributed by atoms with van der Waals surface area (Å²) in [6.45, 7) is 6.32. The summed E-state index contributed by atoms with van der Waals surface area (Å²) < 4.78 is 6.37. The first-order valence-electron chi connectivity index (χ1n) is 12.5. The van der Waals surface area contributed by atoms with E-state index in [0.717, 1.165) is 42.1 Å². The van der Waals surface area contributed by atoms with Crippen molar-refractivity contribution in [3.8, 4) is 5.75 Å². The summed E-state index contributed by atoms with van der Waals surface area (Å²) in [7, 11) is 0. The van der Waals surface area contributed by atoms with Crippen molar-refractivity contribution in [2.45, 2.75) is 39.0 Å². The van der Waals surface area contributed by atoms with Crippen molar-refractivity contribution in [2.24, 2.45) is 0 Å². The van der Waals surface area contributed by atoms with Gasteiger partial charge in [-0.3, -0.25) is 0 Å². The fourth-order valence-electron chi connectivity index (χ4n) is 5.17. The third-order valence-corrected chi connectivity index (χ3v) is 7.17. The second-order valence-electron chi connectivity index (χ2n) is 9.52. The summed E-state index contributed by atoms with van der Waals surface area (Å²) in [5.41, 5.74) is 4.55. The molecule has 184 valence electrons. The van der Waals surface area contributed by atoms with E-state index in [-0.39, 0.29) is 12.1 Å². The minimum absolute atomic E-state index is 0.0371. The van der Waals surface area contributed by atoms with E-state index in [4.69, 9.17) is 4.74 Å². The first-order valence-corrected chi connectivity index (χ1v) is 12.5. The molecule has 4 aromatic carbocycles. The molecule has 0 amide bonds. The average molecular weight is 481 g/mol. The van der Waals surface area contributed by atoms with Gasteiger partial charge in [-0.05, 0) is 72.5 Å². The number of aromatic carboxylic acids is 1. The molecule has 0 aromatic heterocycles. The summed E-state index contributed by atoms with van der Waals surface area (Å²) >= 11 is 0. The number of hydrogen-bond donors (Lipinski definition) is 2. The van der Waals surface area contributed by atoms with Crippen molar-refractivity contribution < 1.29 is 14.6 Å². The molecule has 1 unspecified atom stereocenters. The van der Waals surface area contributed by atoms with Gasteiger partial charge in [0, 0.05) is 12.6 Å². The second kappa shape index (κ2) is 10.4. The van der Waals surface area contributed by atoms with Crippen LogP contribution in [0.3, 0.4) is 0 Å². The number of para-hydroxylation sites is 2. The van der Waals surface area contributed by atoms with Gasteiger partial charge in [0.2, 0.25) is 0 Å². The lowest BCUT2D eigenvalue weighted by Crippen LogP contribution is -2.41. The maximum absolute atomic E-state index is 11.6. The summed E-state index contributed by atoms with van der Waals surface area (Å²) in [4.78, 5) is 13.9. The van der Waals surface area contributed by atoms with Crippen molar-refractivity contribution in [2.75, 3.05) is 18.0 Å². The van der Waals surface area contributed by atoms with Crippen LogP contribution < -0.4 is 15.0 Å². The van der Waals surface area contributed by atoms with E-state index in [1.54, 1.807) is 6.07 Å². The number of hydrogen-bond acceptors (Lipinski definition) is 4. The highest BCUT2D eigenvalue weighted by Crippen LogP contribution is 2.35. The zero-order chi connectivity index (χ0) is 25.1. The molecule has 5 rings (SSSR count). The van der Waals surface area contributed by atoms with E-state index in [1.807, 2.05) is 37.3 Å². The molecule has 2 atom stereocenters. The highest BCUT2D eigenvalue weighted by atomic mass is 16.5. The normalized spacial score (nSPS) is 15.8. The molecule has 1 heterocycles. The Morgan fingerprint density at radius 2 is 1.78 bits per heavy atom. The zero-order valence-electron chi connectivity index (χ0n) is 20.8. The molecule has 0 spiro atoms. The van der Waals surface area contributed by atoms with E-state index in [2.05, 4.69) is 65.7 Å². The summed E-state index contributed by atoms with van der Waals surface area (Å²) in [5.74, 6) is -0.0103. The third kappa shape index (κ3) is 4.93. The highest BCUT2D eigenvalue weighted by Gasteiger charge is 2.26. The van der Waals surface area contributed by atoms with Crippen molar-refractivity contribution >= 4 is 22.4 Å². The Balaban J connectivity index is 1.28. The van der Waals surface area contributed by atoms with Crippen molar-refractivity contribution in [3.05, 3.63) is 107 Å². The number of carboxylic acids is 1. The lowest BCUT2D eigenvalue weighted by atomic mass is 9.99. The zero-order valence-corrected chi connectivity index (χ0v) is 20.8. The van der Waals surface area contributed by atoms with Gasteiger partial charge in [0.1, 0.15) is 11.9 Å². The molecular weight excluding hydrogens is 448 g/mol. The van der Waals surface area contributed by atoms with Gasteiger partial charge in [0.15, 0.2) is 0 Å². The molecule has 0 aliphatic carbocycles. The number of rotatable bonds is 8. The van der Waals surface area contributed by atoms with Crippen molar-refractivity contribution in [1.82, 2.24) is 5.32 Å². The summed E-state index contributed by atoms with van der Waals surface area (Å²) in [6, 6.07) is 28.8. The lowest BCUT2D eigenvalue weighted by molar-refractivity contribution is 0.0696. The number of fused-ring (bicyclic) bond motifs is 2. The van der Waals surface area contributed by atoms with E-state index < -0.39 is 5.97 Å². The quantitative estimate of drug-likeness (QED) is 0.307. The smallest absolute Gasteiger partial charge is 0.335 e. The van der Waals surface area contributed by atoms with Gasteiger partial charge in [-0.25, -0.2) is 4.79 Å². The standard InChI is InChI=1S/C31H32N2O3/c1-21-24(11-8-13-26(21)31(34)35)19-33-20-25(36-30-16-6-5-15-29(30)33)17-18-32-22(2)27-14-7-10-23-9-3-4-12-28(23)27/h3-16,22,25,32H,17-20H2,1-2H3,(H,34,35)/t22-,25?/m1/s1. The van der Waals surface area contributed by atoms with Gasteiger partial charge in [-0.2, -0.15) is 0 Å². The fourth-order valence-corrected chi connectivity index (χ4v) is 5.17. The Morgan fingerprint density at radius 3 is 2.64 bits per heavy atom. The van der Waals surface area contributed by atoms with E-state index >= 15 is 0 Å². The van der Waals surface area contributed by atoms with Crippen LogP contribution in [0.5, 0.6) is 5.75 Å². The molecule has 5 nitrogen and oxygen atoms in total. The Morgan fingerprint density at radius 1 is 1.03 bits per heavy atom. The first kappa shape index (κ1) is 23.9. The van der Waals surface area contributed by atoms with Gasteiger partial charge in [0.05, 0.1) is 17.8 Å². The van der Waals surface area contributed by atoms with Crippen LogP contribution in [0.25, 0.3) is 10.8 Å². The van der Waals surface area contributed by atoms with Crippen molar-refractivity contribution in [3.63, 3.8) is 0 Å². The predicted molar refractivity (Wildman–Crippen MR) is 145 cm³/mol. The van der Waals surface area contributed by atoms with Gasteiger partial charge in [-0.1, -0.05) is 66.7 Å². The minimum Gasteiger partial charge on any atom is -0.486 e. The number of carbonyl (C=O) groups is 1. The van der Waals surface area contributed by atoms with Gasteiger partial charge in [0.25, 0.3) is 0 Å². The first-order chi connectivity index (χ1) is 17.5. The van der Waals surface area contributed by atoms with Crippen LogP contribution in [-0.4, -0.2) is 30.3 Å². The average Bonchev–Trinajstić information content (AvgIpc) is 2.89. The predicted octanol–water partition coefficient (Wildman–Crippen LogP) is 6.35. The topological polar surface area (TPSA) is 61.8 Å². The number of ether oxygens (including phenoxy) is 1. The molecule has 1 aliphatic rings. The summed E-state index contributed by atoms with van der Waals surface area (Å²) in [6.07, 6.45) is 0.906. The van der Waals surface area contributed by atoms with E-state index in [9.17, 15) is 9.90 Å². The SMILES string of the molecule is Cc1c(CN2CC(CCN[C@H](C)c3cccc4ccccc34)Oc3ccccc32)cccc1C(=O)O. The number of nitrogens with one attached hydrogen (secondary N) is 1. The monoisotopic (exact) mass is 480 g/mol. The van der Waals surface area contributed by atoms with Gasteiger partial charge < -0.3 is 20.1 Å². The van der Waals surface area contributed by atoms with Crippen LogP contribution in [-0.2, 0) is 6.54 Å². The lowest BCUT2D eigenvalue weighted by Gasteiger charge is -2.37. The van der Waals surface area contributed by atoms with Crippen LogP contribution in [0.2, 0.25) is 0 Å². The molecule has 36 heavy (non-hydrogen) atoms. The van der Waals surface area contributed by atoms with Crippen LogP contribution in [0.1, 0.15) is 46.4 Å². The molecule has 0 fully saturated rings. The molecule has 0 radical (unpaired) electrons. The van der Waals surface area contributed by atoms with Gasteiger partial charge in [-0.15, -0.1) is 0 Å². The molecule has 0 bridgehead atoms. The van der Waals surface area contributed by atoms with Crippen LogP contribution in [0.15, 0.2) is 84.9 Å². The fraction of sp³-hybridized carbons (Fsp3) is 0.258. The Hall–Kier alpha value is -3.83. The second-order valence-corrected chi connectivity index (χ2v) is 9.52. The van der Waals surface area contributed by atoms with Crippen LogP contribution >= 0.6 is 0 Å². The maximum Gasteiger partial charge on any atom is 0.335 e. The molecule has 2 N–H and O–H groups in total. The number of anilines is 1. The third-order valence-electron chi connectivity index (χ3n) is 7.17. The van der Waals surface area contributed by atoms with E-state index in [1.165, 1.54) is 16.3 Å². The number of carboxylic acid groups (broad SMARTS) is 1. The number of nitrogens with zero attached hydrogens (tertiary/aromatic N) is 1. The molecular formula is C31H32N2O3. The van der Waals surface area contributed by atoms with Crippen LogP contribution in [0, 0.1) is 6.92 Å². The Bertz CT molecular complexity index is 1380. The molecule has 1 aliphatic heterocycles. The Labute approximate surface area is 212 Å². The van der Waals surface area contributed by atoms with Gasteiger partial charge >= 0.3 is 5.97 Å². The maximum atomic E-state index is 11.6.